The Labute approximate surface area is 105 Å². The second-order valence-electron chi connectivity index (χ2n) is 4.57. The van der Waals surface area contributed by atoms with Crippen LogP contribution in [0.4, 0.5) is 0 Å². The molecule has 5 heteroatoms. The number of nitrogens with two attached hydrogens (primary N) is 1. The molecule has 0 fully saturated rings. The first-order valence-corrected chi connectivity index (χ1v) is 6.52. The number of ether oxygens (including phenoxy) is 1. The van der Waals surface area contributed by atoms with Crippen LogP contribution in [-0.2, 0) is 0 Å². The molecule has 0 saturated carbocycles. The summed E-state index contributed by atoms with van der Waals surface area (Å²) in [5, 5.41) is 2.06. The summed E-state index contributed by atoms with van der Waals surface area (Å²) in [5.74, 6) is 0.637. The van der Waals surface area contributed by atoms with Gasteiger partial charge in [-0.3, -0.25) is 0 Å². The number of rotatable bonds is 4. The molecule has 92 valence electrons. The van der Waals surface area contributed by atoms with Crippen LogP contribution < -0.4 is 10.5 Å². The standard InChI is InChI=1S/C12H17N3OS/c1-4-12(3,13)6-16-11-10-9(14-7-15-11)8(2)5-17-10/h5,7H,4,6,13H2,1-3H3. The minimum absolute atomic E-state index is 0.316. The van der Waals surface area contributed by atoms with Crippen molar-refractivity contribution in [2.24, 2.45) is 5.73 Å². The van der Waals surface area contributed by atoms with Crippen molar-refractivity contribution < 1.29 is 4.74 Å². The van der Waals surface area contributed by atoms with E-state index in [-0.39, 0.29) is 5.54 Å². The van der Waals surface area contributed by atoms with Gasteiger partial charge in [0.05, 0.1) is 5.52 Å². The van der Waals surface area contributed by atoms with Gasteiger partial charge in [-0.2, -0.15) is 0 Å². The lowest BCUT2D eigenvalue weighted by Crippen LogP contribution is -2.41. The molecule has 0 bridgehead atoms. The van der Waals surface area contributed by atoms with Crippen molar-refractivity contribution >= 4 is 21.6 Å². The van der Waals surface area contributed by atoms with Gasteiger partial charge in [-0.15, -0.1) is 11.3 Å². The summed E-state index contributed by atoms with van der Waals surface area (Å²) >= 11 is 1.61. The first-order valence-electron chi connectivity index (χ1n) is 5.64. The third-order valence-electron chi connectivity index (χ3n) is 2.84. The second-order valence-corrected chi connectivity index (χ2v) is 5.45. The highest BCUT2D eigenvalue weighted by atomic mass is 32.1. The number of nitrogens with zero attached hydrogens (tertiary/aromatic N) is 2. The molecule has 0 aliphatic carbocycles. The normalized spacial score (nSPS) is 14.8. The van der Waals surface area contributed by atoms with E-state index in [1.165, 1.54) is 6.33 Å². The van der Waals surface area contributed by atoms with E-state index in [0.717, 1.165) is 22.2 Å². The molecular weight excluding hydrogens is 234 g/mol. The molecule has 0 aromatic carbocycles. The lowest BCUT2D eigenvalue weighted by Gasteiger charge is -2.22. The van der Waals surface area contributed by atoms with Crippen LogP contribution in [-0.4, -0.2) is 22.1 Å². The molecular formula is C12H17N3OS. The maximum atomic E-state index is 6.05. The van der Waals surface area contributed by atoms with Gasteiger partial charge in [-0.05, 0) is 31.2 Å². The summed E-state index contributed by atoms with van der Waals surface area (Å²) < 4.78 is 6.72. The molecule has 17 heavy (non-hydrogen) atoms. The van der Waals surface area contributed by atoms with Gasteiger partial charge in [0, 0.05) is 5.54 Å². The van der Waals surface area contributed by atoms with E-state index in [9.17, 15) is 0 Å². The summed E-state index contributed by atoms with van der Waals surface area (Å²) in [6.07, 6.45) is 2.40. The lowest BCUT2D eigenvalue weighted by molar-refractivity contribution is 0.221. The van der Waals surface area contributed by atoms with E-state index >= 15 is 0 Å². The Kier molecular flexibility index (Phi) is 3.31. The Morgan fingerprint density at radius 3 is 2.94 bits per heavy atom. The SMILES string of the molecule is CCC(C)(N)COc1ncnc2c(C)csc12. The summed E-state index contributed by atoms with van der Waals surface area (Å²) in [5.41, 5.74) is 7.86. The molecule has 2 aromatic rings. The molecule has 0 amide bonds. The predicted molar refractivity (Wildman–Crippen MR) is 70.5 cm³/mol. The van der Waals surface area contributed by atoms with Gasteiger partial charge >= 0.3 is 0 Å². The maximum absolute atomic E-state index is 6.05. The number of hydrogen-bond donors (Lipinski definition) is 1. The molecule has 0 spiro atoms. The quantitative estimate of drug-likeness (QED) is 0.907. The van der Waals surface area contributed by atoms with Gasteiger partial charge in [0.25, 0.3) is 0 Å². The van der Waals surface area contributed by atoms with Crippen molar-refractivity contribution in [1.29, 1.82) is 0 Å². The minimum Gasteiger partial charge on any atom is -0.475 e. The lowest BCUT2D eigenvalue weighted by atomic mass is 10.0. The molecule has 0 saturated heterocycles. The number of aromatic nitrogens is 2. The Morgan fingerprint density at radius 1 is 1.47 bits per heavy atom. The highest BCUT2D eigenvalue weighted by Crippen LogP contribution is 2.30. The van der Waals surface area contributed by atoms with Gasteiger partial charge in [-0.1, -0.05) is 6.92 Å². The van der Waals surface area contributed by atoms with E-state index in [1.807, 2.05) is 20.8 Å². The average molecular weight is 251 g/mol. The van der Waals surface area contributed by atoms with Crippen LogP contribution in [0.5, 0.6) is 5.88 Å². The number of thiophene rings is 1. The number of fused-ring (bicyclic) bond motifs is 1. The summed E-state index contributed by atoms with van der Waals surface area (Å²) in [4.78, 5) is 8.43. The van der Waals surface area contributed by atoms with Gasteiger partial charge in [0.2, 0.25) is 5.88 Å². The Hall–Kier alpha value is -1.20. The monoisotopic (exact) mass is 251 g/mol. The molecule has 2 aromatic heterocycles. The molecule has 0 aliphatic heterocycles. The molecule has 2 heterocycles. The van der Waals surface area contributed by atoms with Crippen LogP contribution in [0.3, 0.4) is 0 Å². The topological polar surface area (TPSA) is 61.0 Å². The zero-order valence-electron chi connectivity index (χ0n) is 10.4. The van der Waals surface area contributed by atoms with E-state index in [2.05, 4.69) is 15.3 Å². The third-order valence-corrected chi connectivity index (χ3v) is 3.92. The first-order chi connectivity index (χ1) is 8.03. The largest absolute Gasteiger partial charge is 0.475 e. The Balaban J connectivity index is 2.25. The van der Waals surface area contributed by atoms with Crippen LogP contribution in [0.15, 0.2) is 11.7 Å². The molecule has 0 radical (unpaired) electrons. The predicted octanol–water partition coefficient (Wildman–Crippen LogP) is 2.51. The van der Waals surface area contributed by atoms with E-state index in [1.54, 1.807) is 11.3 Å². The summed E-state index contributed by atoms with van der Waals surface area (Å²) in [6.45, 7) is 6.53. The van der Waals surface area contributed by atoms with Crippen molar-refractivity contribution in [3.8, 4) is 5.88 Å². The van der Waals surface area contributed by atoms with Crippen molar-refractivity contribution in [3.05, 3.63) is 17.3 Å². The fraction of sp³-hybridized carbons (Fsp3) is 0.500. The van der Waals surface area contributed by atoms with E-state index in [0.29, 0.717) is 12.5 Å². The molecule has 0 aliphatic rings. The van der Waals surface area contributed by atoms with Crippen LogP contribution in [0, 0.1) is 6.92 Å². The van der Waals surface area contributed by atoms with E-state index < -0.39 is 0 Å². The fourth-order valence-corrected chi connectivity index (χ4v) is 2.33. The van der Waals surface area contributed by atoms with Gasteiger partial charge < -0.3 is 10.5 Å². The zero-order valence-corrected chi connectivity index (χ0v) is 11.2. The molecule has 2 N–H and O–H groups in total. The maximum Gasteiger partial charge on any atom is 0.234 e. The van der Waals surface area contributed by atoms with Crippen molar-refractivity contribution in [1.82, 2.24) is 9.97 Å². The second kappa shape index (κ2) is 4.58. The summed E-state index contributed by atoms with van der Waals surface area (Å²) in [7, 11) is 0. The van der Waals surface area contributed by atoms with Crippen LogP contribution in [0.2, 0.25) is 0 Å². The average Bonchev–Trinajstić information content (AvgIpc) is 2.70. The Bertz CT molecular complexity index is 521. The van der Waals surface area contributed by atoms with Crippen LogP contribution in [0.25, 0.3) is 10.2 Å². The fourth-order valence-electron chi connectivity index (χ4n) is 1.39. The molecule has 1 atom stereocenters. The van der Waals surface area contributed by atoms with Crippen LogP contribution in [0.1, 0.15) is 25.8 Å². The highest BCUT2D eigenvalue weighted by molar-refractivity contribution is 7.17. The van der Waals surface area contributed by atoms with Crippen molar-refractivity contribution in [2.75, 3.05) is 6.61 Å². The molecule has 1 unspecified atom stereocenters. The van der Waals surface area contributed by atoms with Crippen LogP contribution >= 0.6 is 11.3 Å². The van der Waals surface area contributed by atoms with Gasteiger partial charge in [0.15, 0.2) is 0 Å². The van der Waals surface area contributed by atoms with Gasteiger partial charge in [0.1, 0.15) is 17.6 Å². The smallest absolute Gasteiger partial charge is 0.234 e. The van der Waals surface area contributed by atoms with Gasteiger partial charge in [-0.25, -0.2) is 9.97 Å². The highest BCUT2D eigenvalue weighted by Gasteiger charge is 2.18. The summed E-state index contributed by atoms with van der Waals surface area (Å²) in [6, 6.07) is 0. The Morgan fingerprint density at radius 2 is 2.24 bits per heavy atom. The molecule has 4 nitrogen and oxygen atoms in total. The minimum atomic E-state index is -0.316. The van der Waals surface area contributed by atoms with Crippen molar-refractivity contribution in [2.45, 2.75) is 32.7 Å². The number of aryl methyl sites for hydroxylation is 1. The first kappa shape index (κ1) is 12.3. The zero-order chi connectivity index (χ0) is 12.5. The molecule has 2 rings (SSSR count). The van der Waals surface area contributed by atoms with E-state index in [4.69, 9.17) is 10.5 Å². The number of hydrogen-bond acceptors (Lipinski definition) is 5. The van der Waals surface area contributed by atoms with Crippen molar-refractivity contribution in [3.63, 3.8) is 0 Å². The third kappa shape index (κ3) is 2.56.